The number of hydrogen-bond donors (Lipinski definition) is 2. The second kappa shape index (κ2) is 6.00. The third kappa shape index (κ3) is 2.94. The maximum atomic E-state index is 12.2. The van der Waals surface area contributed by atoms with E-state index >= 15 is 0 Å². The van der Waals surface area contributed by atoms with Crippen LogP contribution in [0.1, 0.15) is 12.8 Å². The van der Waals surface area contributed by atoms with Crippen molar-refractivity contribution in [1.82, 2.24) is 15.5 Å². The standard InChI is InChI=1S/C15H17N3O3S/c19-12(10-22-11-4-2-1-3-5-11)18-8-6-15(7-9-18)13(20)16-14(21)17-15/h1-5H,6-10H2,(H2,16,17,20,21). The Bertz CT molecular complexity index is 597. The van der Waals surface area contributed by atoms with Crippen molar-refractivity contribution < 1.29 is 14.4 Å². The summed E-state index contributed by atoms with van der Waals surface area (Å²) in [5.41, 5.74) is -0.819. The van der Waals surface area contributed by atoms with Crippen molar-refractivity contribution in [2.45, 2.75) is 23.3 Å². The van der Waals surface area contributed by atoms with Crippen LogP contribution in [0.15, 0.2) is 35.2 Å². The van der Waals surface area contributed by atoms with Crippen molar-refractivity contribution >= 4 is 29.6 Å². The molecule has 1 spiro atoms. The Balaban J connectivity index is 1.52. The minimum atomic E-state index is -0.819. The lowest BCUT2D eigenvalue weighted by atomic mass is 9.88. The van der Waals surface area contributed by atoms with Crippen LogP contribution in [0.5, 0.6) is 0 Å². The minimum Gasteiger partial charge on any atom is -0.342 e. The zero-order valence-corrected chi connectivity index (χ0v) is 12.8. The SMILES string of the molecule is O=C1NC(=O)C2(CCN(C(=O)CSc3ccccc3)CC2)N1. The highest BCUT2D eigenvalue weighted by atomic mass is 32.2. The molecule has 0 radical (unpaired) electrons. The van der Waals surface area contributed by atoms with Gasteiger partial charge in [0.1, 0.15) is 5.54 Å². The van der Waals surface area contributed by atoms with E-state index < -0.39 is 11.6 Å². The smallest absolute Gasteiger partial charge is 0.322 e. The quantitative estimate of drug-likeness (QED) is 0.643. The molecule has 0 unspecified atom stereocenters. The molecule has 2 saturated heterocycles. The molecule has 22 heavy (non-hydrogen) atoms. The highest BCUT2D eigenvalue weighted by Crippen LogP contribution is 2.26. The van der Waals surface area contributed by atoms with Crippen LogP contribution in [0.3, 0.4) is 0 Å². The molecule has 2 fully saturated rings. The molecule has 6 nitrogen and oxygen atoms in total. The number of benzene rings is 1. The highest BCUT2D eigenvalue weighted by molar-refractivity contribution is 8.00. The van der Waals surface area contributed by atoms with Crippen molar-refractivity contribution in [2.75, 3.05) is 18.8 Å². The second-order valence-electron chi connectivity index (χ2n) is 5.47. The van der Waals surface area contributed by atoms with Gasteiger partial charge in [-0.25, -0.2) is 4.79 Å². The van der Waals surface area contributed by atoms with Crippen molar-refractivity contribution in [2.24, 2.45) is 0 Å². The van der Waals surface area contributed by atoms with Gasteiger partial charge in [0.2, 0.25) is 5.91 Å². The number of nitrogens with zero attached hydrogens (tertiary/aromatic N) is 1. The highest BCUT2D eigenvalue weighted by Gasteiger charge is 2.48. The predicted octanol–water partition coefficient (Wildman–Crippen LogP) is 0.979. The Hall–Kier alpha value is -2.02. The number of piperidine rings is 1. The molecule has 2 aliphatic heterocycles. The van der Waals surface area contributed by atoms with Crippen LogP contribution in [-0.4, -0.2) is 47.1 Å². The number of nitrogens with one attached hydrogen (secondary N) is 2. The summed E-state index contributed by atoms with van der Waals surface area (Å²) < 4.78 is 0. The maximum Gasteiger partial charge on any atom is 0.322 e. The first-order valence-electron chi connectivity index (χ1n) is 7.18. The van der Waals surface area contributed by atoms with Crippen molar-refractivity contribution in [3.63, 3.8) is 0 Å². The number of carbonyl (C=O) groups is 3. The topological polar surface area (TPSA) is 78.5 Å². The van der Waals surface area contributed by atoms with Crippen LogP contribution in [0.25, 0.3) is 0 Å². The molecule has 2 heterocycles. The first-order chi connectivity index (χ1) is 10.6. The zero-order chi connectivity index (χ0) is 15.6. The van der Waals surface area contributed by atoms with E-state index in [1.165, 1.54) is 11.8 Å². The molecule has 0 bridgehead atoms. The fraction of sp³-hybridized carbons (Fsp3) is 0.400. The number of urea groups is 1. The number of rotatable bonds is 3. The lowest BCUT2D eigenvalue weighted by molar-refractivity contribution is -0.133. The van der Waals surface area contributed by atoms with E-state index in [2.05, 4.69) is 10.6 Å². The van der Waals surface area contributed by atoms with E-state index in [4.69, 9.17) is 0 Å². The van der Waals surface area contributed by atoms with Gasteiger partial charge in [0.05, 0.1) is 5.75 Å². The molecule has 0 aliphatic carbocycles. The van der Waals surface area contributed by atoms with E-state index in [1.54, 1.807) is 4.90 Å². The summed E-state index contributed by atoms with van der Waals surface area (Å²) in [6, 6.07) is 9.34. The predicted molar refractivity (Wildman–Crippen MR) is 82.4 cm³/mol. The lowest BCUT2D eigenvalue weighted by Gasteiger charge is -2.36. The van der Waals surface area contributed by atoms with Crippen LogP contribution in [0.4, 0.5) is 4.79 Å². The Morgan fingerprint density at radius 3 is 2.45 bits per heavy atom. The van der Waals surface area contributed by atoms with E-state index in [0.717, 1.165) is 4.90 Å². The molecule has 7 heteroatoms. The van der Waals surface area contributed by atoms with Gasteiger partial charge in [0, 0.05) is 18.0 Å². The van der Waals surface area contributed by atoms with Gasteiger partial charge in [0.15, 0.2) is 0 Å². The van der Waals surface area contributed by atoms with Crippen LogP contribution in [0.2, 0.25) is 0 Å². The van der Waals surface area contributed by atoms with Crippen LogP contribution in [-0.2, 0) is 9.59 Å². The summed E-state index contributed by atoms with van der Waals surface area (Å²) in [6.07, 6.45) is 0.929. The van der Waals surface area contributed by atoms with Gasteiger partial charge in [-0.1, -0.05) is 18.2 Å². The molecule has 2 N–H and O–H groups in total. The Labute approximate surface area is 132 Å². The third-order valence-corrected chi connectivity index (χ3v) is 5.09. The molecular formula is C15H17N3O3S. The molecule has 2 aliphatic rings. The fourth-order valence-electron chi connectivity index (χ4n) is 2.77. The number of amides is 4. The molecule has 0 aromatic heterocycles. The van der Waals surface area contributed by atoms with Gasteiger partial charge in [-0.2, -0.15) is 0 Å². The number of imide groups is 1. The lowest BCUT2D eigenvalue weighted by Crippen LogP contribution is -2.56. The van der Waals surface area contributed by atoms with Gasteiger partial charge >= 0.3 is 6.03 Å². The molecule has 0 saturated carbocycles. The minimum absolute atomic E-state index is 0.0634. The Morgan fingerprint density at radius 2 is 1.86 bits per heavy atom. The van der Waals surface area contributed by atoms with Crippen molar-refractivity contribution in [1.29, 1.82) is 0 Å². The van der Waals surface area contributed by atoms with Gasteiger partial charge in [-0.15, -0.1) is 11.8 Å². The van der Waals surface area contributed by atoms with Crippen molar-refractivity contribution in [3.8, 4) is 0 Å². The molecule has 1 aromatic rings. The molecule has 116 valence electrons. The first-order valence-corrected chi connectivity index (χ1v) is 8.17. The largest absolute Gasteiger partial charge is 0.342 e. The Morgan fingerprint density at radius 1 is 1.18 bits per heavy atom. The summed E-state index contributed by atoms with van der Waals surface area (Å²) in [7, 11) is 0. The zero-order valence-electron chi connectivity index (χ0n) is 12.0. The number of carbonyl (C=O) groups excluding carboxylic acids is 3. The first kappa shape index (κ1) is 14.9. The average molecular weight is 319 g/mol. The summed E-state index contributed by atoms with van der Waals surface area (Å²) in [5.74, 6) is 0.173. The number of thioether (sulfide) groups is 1. The van der Waals surface area contributed by atoms with Crippen LogP contribution in [0, 0.1) is 0 Å². The molecule has 3 rings (SSSR count). The molecule has 4 amide bonds. The normalized spacial score (nSPS) is 19.9. The number of hydrogen-bond acceptors (Lipinski definition) is 4. The van der Waals surface area contributed by atoms with E-state index in [0.29, 0.717) is 31.7 Å². The second-order valence-corrected chi connectivity index (χ2v) is 6.52. The van der Waals surface area contributed by atoms with Crippen LogP contribution >= 0.6 is 11.8 Å². The summed E-state index contributed by atoms with van der Waals surface area (Å²) in [4.78, 5) is 38.2. The summed E-state index contributed by atoms with van der Waals surface area (Å²) >= 11 is 1.51. The van der Waals surface area contributed by atoms with Crippen LogP contribution < -0.4 is 10.6 Å². The maximum absolute atomic E-state index is 12.2. The number of likely N-dealkylation sites (tertiary alicyclic amines) is 1. The summed E-state index contributed by atoms with van der Waals surface area (Å²) in [5, 5.41) is 4.97. The Kier molecular flexibility index (Phi) is 4.06. The van der Waals surface area contributed by atoms with E-state index in [1.807, 2.05) is 30.3 Å². The van der Waals surface area contributed by atoms with Gasteiger partial charge < -0.3 is 10.2 Å². The van der Waals surface area contributed by atoms with Gasteiger partial charge in [-0.05, 0) is 25.0 Å². The summed E-state index contributed by atoms with van der Waals surface area (Å²) in [6.45, 7) is 0.976. The van der Waals surface area contributed by atoms with E-state index in [-0.39, 0.29) is 11.8 Å². The monoisotopic (exact) mass is 319 g/mol. The van der Waals surface area contributed by atoms with Gasteiger partial charge in [0.25, 0.3) is 5.91 Å². The van der Waals surface area contributed by atoms with Gasteiger partial charge in [-0.3, -0.25) is 14.9 Å². The molecule has 0 atom stereocenters. The molecular weight excluding hydrogens is 302 g/mol. The molecule has 1 aromatic carbocycles. The van der Waals surface area contributed by atoms with Crippen molar-refractivity contribution in [3.05, 3.63) is 30.3 Å². The average Bonchev–Trinajstić information content (AvgIpc) is 2.80. The van der Waals surface area contributed by atoms with E-state index in [9.17, 15) is 14.4 Å². The third-order valence-electron chi connectivity index (χ3n) is 4.09. The fourth-order valence-corrected chi connectivity index (χ4v) is 3.59.